The SMILES string of the molecule is O=C(NO)c1cnc(N2CCC(CNC(=O)c3cc(Cc4n[nH]c(=O)c5ccccc45)ccc3F)CC2)nc1. The molecule has 12 heteroatoms. The summed E-state index contributed by atoms with van der Waals surface area (Å²) < 4.78 is 14.6. The van der Waals surface area contributed by atoms with Crippen molar-refractivity contribution in [1.82, 2.24) is 31.0 Å². The number of amides is 2. The van der Waals surface area contributed by atoms with Crippen molar-refractivity contribution in [3.05, 3.63) is 93.4 Å². The van der Waals surface area contributed by atoms with E-state index in [9.17, 15) is 18.8 Å². The number of nitrogens with zero attached hydrogens (tertiary/aromatic N) is 4. The number of H-pyrrole nitrogens is 1. The van der Waals surface area contributed by atoms with Crippen LogP contribution >= 0.6 is 0 Å². The van der Waals surface area contributed by atoms with Crippen molar-refractivity contribution in [2.24, 2.45) is 5.92 Å². The number of hydrogen-bond acceptors (Lipinski definition) is 8. The Kier molecular flexibility index (Phi) is 7.55. The molecule has 0 aliphatic carbocycles. The molecule has 2 amide bonds. The lowest BCUT2D eigenvalue weighted by molar-refractivity contribution is 0.0705. The van der Waals surface area contributed by atoms with Gasteiger partial charge in [0.2, 0.25) is 5.95 Å². The normalized spacial score (nSPS) is 13.8. The Morgan fingerprint density at radius 2 is 1.77 bits per heavy atom. The van der Waals surface area contributed by atoms with Crippen molar-refractivity contribution in [2.75, 3.05) is 24.5 Å². The van der Waals surface area contributed by atoms with Gasteiger partial charge in [0.1, 0.15) is 5.82 Å². The third-order valence-corrected chi connectivity index (χ3v) is 6.87. The molecule has 1 aliphatic heterocycles. The molecule has 1 fully saturated rings. The molecule has 11 nitrogen and oxygen atoms in total. The molecule has 3 heterocycles. The summed E-state index contributed by atoms with van der Waals surface area (Å²) in [5.41, 5.74) is 2.70. The van der Waals surface area contributed by atoms with Gasteiger partial charge in [0.15, 0.2) is 0 Å². The van der Waals surface area contributed by atoms with Crippen molar-refractivity contribution in [1.29, 1.82) is 0 Å². The predicted octanol–water partition coefficient (Wildman–Crippen LogP) is 2.21. The molecule has 39 heavy (non-hydrogen) atoms. The van der Waals surface area contributed by atoms with Gasteiger partial charge in [-0.05, 0) is 42.5 Å². The topological polar surface area (TPSA) is 153 Å². The summed E-state index contributed by atoms with van der Waals surface area (Å²) in [5, 5.41) is 19.5. The van der Waals surface area contributed by atoms with Crippen molar-refractivity contribution in [3.8, 4) is 0 Å². The number of rotatable bonds is 7. The smallest absolute Gasteiger partial charge is 0.277 e. The highest BCUT2D eigenvalue weighted by molar-refractivity contribution is 5.94. The molecule has 2 aromatic heterocycles. The van der Waals surface area contributed by atoms with Crippen LogP contribution in [-0.4, -0.2) is 56.8 Å². The first-order chi connectivity index (χ1) is 18.9. The lowest BCUT2D eigenvalue weighted by Crippen LogP contribution is -2.39. The van der Waals surface area contributed by atoms with Crippen LogP contribution in [0.4, 0.5) is 10.3 Å². The summed E-state index contributed by atoms with van der Waals surface area (Å²) in [6, 6.07) is 11.5. The zero-order valence-corrected chi connectivity index (χ0v) is 20.9. The van der Waals surface area contributed by atoms with Gasteiger partial charge in [-0.25, -0.2) is 24.9 Å². The predicted molar refractivity (Wildman–Crippen MR) is 140 cm³/mol. The highest BCUT2D eigenvalue weighted by Gasteiger charge is 2.23. The Bertz CT molecular complexity index is 1570. The number of hydrogen-bond donors (Lipinski definition) is 4. The minimum absolute atomic E-state index is 0.0425. The summed E-state index contributed by atoms with van der Waals surface area (Å²) in [7, 11) is 0. The van der Waals surface area contributed by atoms with Crippen LogP contribution in [0.2, 0.25) is 0 Å². The zero-order chi connectivity index (χ0) is 27.4. The summed E-state index contributed by atoms with van der Waals surface area (Å²) in [5.74, 6) is -1.10. The van der Waals surface area contributed by atoms with E-state index >= 15 is 0 Å². The van der Waals surface area contributed by atoms with E-state index in [0.717, 1.165) is 12.8 Å². The van der Waals surface area contributed by atoms with E-state index in [1.54, 1.807) is 23.7 Å². The van der Waals surface area contributed by atoms with Crippen LogP contribution in [0.1, 0.15) is 44.8 Å². The lowest BCUT2D eigenvalue weighted by Gasteiger charge is -2.32. The molecule has 0 saturated carbocycles. The first-order valence-corrected chi connectivity index (χ1v) is 12.5. The molecule has 1 saturated heterocycles. The fraction of sp³-hybridized carbons (Fsp3) is 0.259. The molecule has 0 spiro atoms. The van der Waals surface area contributed by atoms with E-state index in [4.69, 9.17) is 5.21 Å². The van der Waals surface area contributed by atoms with Crippen LogP contribution in [-0.2, 0) is 6.42 Å². The largest absolute Gasteiger partial charge is 0.352 e. The summed E-state index contributed by atoms with van der Waals surface area (Å²) in [4.78, 5) is 46.7. The van der Waals surface area contributed by atoms with Crippen LogP contribution in [0, 0.1) is 11.7 Å². The second-order valence-corrected chi connectivity index (χ2v) is 9.39. The Balaban J connectivity index is 1.18. The Hall–Kier alpha value is -4.71. The van der Waals surface area contributed by atoms with E-state index in [1.165, 1.54) is 24.5 Å². The number of hydroxylamine groups is 1. The number of aromatic nitrogens is 4. The van der Waals surface area contributed by atoms with Crippen LogP contribution < -0.4 is 21.3 Å². The van der Waals surface area contributed by atoms with Crippen molar-refractivity contribution in [3.63, 3.8) is 0 Å². The monoisotopic (exact) mass is 531 g/mol. The second kappa shape index (κ2) is 11.4. The fourth-order valence-corrected chi connectivity index (χ4v) is 4.69. The zero-order valence-electron chi connectivity index (χ0n) is 20.9. The number of carbonyl (C=O) groups excluding carboxylic acids is 2. The number of piperidine rings is 1. The number of halogens is 1. The highest BCUT2D eigenvalue weighted by Crippen LogP contribution is 2.21. The highest BCUT2D eigenvalue weighted by atomic mass is 19.1. The molecule has 0 bridgehead atoms. The summed E-state index contributed by atoms with van der Waals surface area (Å²) >= 11 is 0. The maximum atomic E-state index is 14.6. The molecule has 4 aromatic rings. The Morgan fingerprint density at radius 1 is 1.05 bits per heavy atom. The van der Waals surface area contributed by atoms with Gasteiger partial charge >= 0.3 is 0 Å². The van der Waals surface area contributed by atoms with E-state index in [0.29, 0.717) is 54.0 Å². The number of aromatic amines is 1. The molecule has 0 radical (unpaired) electrons. The van der Waals surface area contributed by atoms with Crippen LogP contribution in [0.3, 0.4) is 0 Å². The number of fused-ring (bicyclic) bond motifs is 1. The maximum Gasteiger partial charge on any atom is 0.277 e. The second-order valence-electron chi connectivity index (χ2n) is 9.39. The van der Waals surface area contributed by atoms with E-state index in [1.807, 2.05) is 17.0 Å². The lowest BCUT2D eigenvalue weighted by atomic mass is 9.96. The fourth-order valence-electron chi connectivity index (χ4n) is 4.69. The van der Waals surface area contributed by atoms with Gasteiger partial charge in [-0.2, -0.15) is 5.10 Å². The summed E-state index contributed by atoms with van der Waals surface area (Å²) in [6.07, 6.45) is 4.56. The van der Waals surface area contributed by atoms with Crippen LogP contribution in [0.25, 0.3) is 10.8 Å². The number of anilines is 1. The average Bonchev–Trinajstić information content (AvgIpc) is 2.98. The molecule has 200 valence electrons. The van der Waals surface area contributed by atoms with Gasteiger partial charge in [-0.1, -0.05) is 24.3 Å². The molecule has 5 rings (SSSR count). The van der Waals surface area contributed by atoms with Gasteiger partial charge in [-0.3, -0.25) is 19.6 Å². The molecule has 1 aliphatic rings. The Morgan fingerprint density at radius 3 is 2.49 bits per heavy atom. The third kappa shape index (κ3) is 5.75. The van der Waals surface area contributed by atoms with E-state index in [2.05, 4.69) is 25.5 Å². The average molecular weight is 532 g/mol. The van der Waals surface area contributed by atoms with E-state index < -0.39 is 17.6 Å². The standard InChI is InChI=1S/C27H26FN7O4/c28-22-6-5-17(12-23-19-3-1-2-4-20(19)26(38)33-32-23)11-21(22)25(37)29-13-16-7-9-35(10-8-16)27-30-14-18(15-31-27)24(36)34-39/h1-6,11,14-16,39H,7-10,12-13H2,(H,29,37)(H,33,38)(H,34,36). The van der Waals surface area contributed by atoms with Crippen LogP contribution in [0.15, 0.2) is 59.7 Å². The van der Waals surface area contributed by atoms with Gasteiger partial charge < -0.3 is 10.2 Å². The molecule has 4 N–H and O–H groups in total. The third-order valence-electron chi connectivity index (χ3n) is 6.87. The number of carbonyl (C=O) groups is 2. The summed E-state index contributed by atoms with van der Waals surface area (Å²) in [6.45, 7) is 1.73. The molecular weight excluding hydrogens is 505 g/mol. The minimum atomic E-state index is -0.681. The number of nitrogens with one attached hydrogen (secondary N) is 3. The molecule has 0 unspecified atom stereocenters. The quantitative estimate of drug-likeness (QED) is 0.209. The van der Waals surface area contributed by atoms with Crippen molar-refractivity contribution >= 4 is 28.5 Å². The van der Waals surface area contributed by atoms with Crippen molar-refractivity contribution in [2.45, 2.75) is 19.3 Å². The number of benzene rings is 2. The first kappa shape index (κ1) is 25.9. The van der Waals surface area contributed by atoms with Crippen LogP contribution in [0.5, 0.6) is 0 Å². The first-order valence-electron chi connectivity index (χ1n) is 12.5. The minimum Gasteiger partial charge on any atom is -0.352 e. The maximum absolute atomic E-state index is 14.6. The Labute approximate surface area is 222 Å². The molecule has 0 atom stereocenters. The van der Waals surface area contributed by atoms with Gasteiger partial charge in [0.05, 0.1) is 22.2 Å². The van der Waals surface area contributed by atoms with E-state index in [-0.39, 0.29) is 22.6 Å². The van der Waals surface area contributed by atoms with Gasteiger partial charge in [-0.15, -0.1) is 0 Å². The van der Waals surface area contributed by atoms with Crippen molar-refractivity contribution < 1.29 is 19.2 Å². The molecular formula is C27H26FN7O4. The molecule has 2 aromatic carbocycles. The van der Waals surface area contributed by atoms with Gasteiger partial charge in [0.25, 0.3) is 17.4 Å². The van der Waals surface area contributed by atoms with Gasteiger partial charge in [0, 0.05) is 43.8 Å².